The largest absolute Gasteiger partial charge is 0.494 e. The monoisotopic (exact) mass is 247 g/mol. The molecule has 0 unspecified atom stereocenters. The fourth-order valence-electron chi connectivity index (χ4n) is 2.66. The van der Waals surface area contributed by atoms with E-state index in [-0.39, 0.29) is 0 Å². The average Bonchev–Trinajstić information content (AvgIpc) is 2.40. The summed E-state index contributed by atoms with van der Waals surface area (Å²) >= 11 is 0. The first-order valence-corrected chi connectivity index (χ1v) is 7.23. The van der Waals surface area contributed by atoms with Crippen LogP contribution < -0.4 is 10.1 Å². The lowest BCUT2D eigenvalue weighted by Crippen LogP contribution is -2.32. The molecular weight excluding hydrogens is 222 g/mol. The Bertz CT molecular complexity index is 356. The molecular formula is C16H25NO. The predicted octanol–water partition coefficient (Wildman–Crippen LogP) is 3.75. The van der Waals surface area contributed by atoms with Crippen LogP contribution in [0.5, 0.6) is 5.75 Å². The van der Waals surface area contributed by atoms with E-state index < -0.39 is 0 Å². The van der Waals surface area contributed by atoms with Gasteiger partial charge in [0.1, 0.15) is 5.75 Å². The number of hydrogen-bond donors (Lipinski definition) is 1. The van der Waals surface area contributed by atoms with Crippen LogP contribution in [0, 0.1) is 5.92 Å². The summed E-state index contributed by atoms with van der Waals surface area (Å²) in [5.41, 5.74) is 1.28. The first-order valence-electron chi connectivity index (χ1n) is 7.23. The smallest absolute Gasteiger partial charge is 0.123 e. The summed E-state index contributed by atoms with van der Waals surface area (Å²) in [6.45, 7) is 6.06. The van der Waals surface area contributed by atoms with Gasteiger partial charge in [-0.05, 0) is 44.6 Å². The number of para-hydroxylation sites is 1. The number of hydrogen-bond acceptors (Lipinski definition) is 2. The van der Waals surface area contributed by atoms with Crippen molar-refractivity contribution in [2.75, 3.05) is 6.61 Å². The second-order valence-electron chi connectivity index (χ2n) is 5.38. The quantitative estimate of drug-likeness (QED) is 0.855. The molecule has 1 N–H and O–H groups in total. The number of ether oxygens (including phenoxy) is 1. The van der Waals surface area contributed by atoms with Crippen molar-refractivity contribution in [3.05, 3.63) is 29.8 Å². The van der Waals surface area contributed by atoms with Crippen molar-refractivity contribution >= 4 is 0 Å². The normalized spacial score (nSPS) is 23.9. The summed E-state index contributed by atoms with van der Waals surface area (Å²) in [5.74, 6) is 1.94. The molecule has 1 fully saturated rings. The Morgan fingerprint density at radius 2 is 1.89 bits per heavy atom. The first-order chi connectivity index (χ1) is 8.79. The Labute approximate surface area is 111 Å². The summed E-state index contributed by atoms with van der Waals surface area (Å²) in [5, 5.41) is 3.68. The van der Waals surface area contributed by atoms with Crippen molar-refractivity contribution in [3.63, 3.8) is 0 Å². The fraction of sp³-hybridized carbons (Fsp3) is 0.625. The van der Waals surface area contributed by atoms with E-state index in [0.29, 0.717) is 6.04 Å². The minimum atomic E-state index is 0.691. The first kappa shape index (κ1) is 13.4. The summed E-state index contributed by atoms with van der Waals surface area (Å²) in [4.78, 5) is 0. The molecule has 0 saturated heterocycles. The lowest BCUT2D eigenvalue weighted by Gasteiger charge is -2.27. The average molecular weight is 247 g/mol. The van der Waals surface area contributed by atoms with Crippen LogP contribution in [0.25, 0.3) is 0 Å². The highest BCUT2D eigenvalue weighted by molar-refractivity contribution is 5.33. The van der Waals surface area contributed by atoms with Crippen molar-refractivity contribution in [1.82, 2.24) is 5.32 Å². The highest BCUT2D eigenvalue weighted by atomic mass is 16.5. The van der Waals surface area contributed by atoms with Gasteiger partial charge in [-0.25, -0.2) is 0 Å². The summed E-state index contributed by atoms with van der Waals surface area (Å²) in [6.07, 6.45) is 5.37. The molecule has 0 heterocycles. The van der Waals surface area contributed by atoms with Crippen molar-refractivity contribution in [3.8, 4) is 5.75 Å². The van der Waals surface area contributed by atoms with Gasteiger partial charge in [-0.2, -0.15) is 0 Å². The maximum Gasteiger partial charge on any atom is 0.123 e. The molecule has 1 aliphatic rings. The van der Waals surface area contributed by atoms with Crippen molar-refractivity contribution in [1.29, 1.82) is 0 Å². The van der Waals surface area contributed by atoms with Gasteiger partial charge in [0.2, 0.25) is 0 Å². The van der Waals surface area contributed by atoms with E-state index in [1.54, 1.807) is 0 Å². The highest BCUT2D eigenvalue weighted by Gasteiger charge is 2.17. The minimum Gasteiger partial charge on any atom is -0.494 e. The van der Waals surface area contributed by atoms with E-state index in [2.05, 4.69) is 30.4 Å². The Kier molecular flexibility index (Phi) is 5.06. The van der Waals surface area contributed by atoms with Crippen LogP contribution in [-0.4, -0.2) is 12.6 Å². The molecule has 2 rings (SSSR count). The minimum absolute atomic E-state index is 0.691. The number of nitrogens with one attached hydrogen (secondary N) is 1. The topological polar surface area (TPSA) is 21.3 Å². The lowest BCUT2D eigenvalue weighted by molar-refractivity contribution is 0.302. The molecule has 1 saturated carbocycles. The molecule has 0 aliphatic heterocycles. The van der Waals surface area contributed by atoms with Gasteiger partial charge in [-0.15, -0.1) is 0 Å². The van der Waals surface area contributed by atoms with E-state index in [1.165, 1.54) is 31.2 Å². The zero-order valence-electron chi connectivity index (χ0n) is 11.6. The summed E-state index contributed by atoms with van der Waals surface area (Å²) in [6, 6.07) is 9.03. The van der Waals surface area contributed by atoms with Gasteiger partial charge in [0.15, 0.2) is 0 Å². The summed E-state index contributed by atoms with van der Waals surface area (Å²) < 4.78 is 5.65. The Balaban J connectivity index is 1.86. The second kappa shape index (κ2) is 6.79. The standard InChI is InChI=1S/C16H25NO/c1-3-18-16-7-5-4-6-14(16)12-17-15-10-8-13(2)9-11-15/h4-7,13,15,17H,3,8-12H2,1-2H3. The SMILES string of the molecule is CCOc1ccccc1CNC1CCC(C)CC1. The van der Waals surface area contributed by atoms with Crippen molar-refractivity contribution in [2.24, 2.45) is 5.92 Å². The highest BCUT2D eigenvalue weighted by Crippen LogP contribution is 2.24. The van der Waals surface area contributed by atoms with Gasteiger partial charge in [0, 0.05) is 18.2 Å². The molecule has 100 valence electrons. The third-order valence-electron chi connectivity index (χ3n) is 3.87. The Hall–Kier alpha value is -1.02. The van der Waals surface area contributed by atoms with Crippen LogP contribution in [-0.2, 0) is 6.54 Å². The van der Waals surface area contributed by atoms with Gasteiger partial charge < -0.3 is 10.1 Å². The van der Waals surface area contributed by atoms with Crippen LogP contribution in [0.2, 0.25) is 0 Å². The Morgan fingerprint density at radius 1 is 1.17 bits per heavy atom. The molecule has 0 spiro atoms. The van der Waals surface area contributed by atoms with Crippen LogP contribution in [0.3, 0.4) is 0 Å². The third kappa shape index (κ3) is 3.74. The van der Waals surface area contributed by atoms with Gasteiger partial charge >= 0.3 is 0 Å². The number of rotatable bonds is 5. The van der Waals surface area contributed by atoms with Crippen LogP contribution in [0.1, 0.15) is 45.1 Å². The van der Waals surface area contributed by atoms with Gasteiger partial charge in [-0.3, -0.25) is 0 Å². The molecule has 0 aromatic heterocycles. The van der Waals surface area contributed by atoms with Gasteiger partial charge in [0.05, 0.1) is 6.61 Å². The van der Waals surface area contributed by atoms with E-state index in [0.717, 1.165) is 24.8 Å². The molecule has 18 heavy (non-hydrogen) atoms. The molecule has 0 amide bonds. The molecule has 0 atom stereocenters. The van der Waals surface area contributed by atoms with Crippen LogP contribution in [0.15, 0.2) is 24.3 Å². The van der Waals surface area contributed by atoms with Crippen molar-refractivity contribution < 1.29 is 4.74 Å². The van der Waals surface area contributed by atoms with Gasteiger partial charge in [-0.1, -0.05) is 25.1 Å². The predicted molar refractivity (Wildman–Crippen MR) is 75.9 cm³/mol. The van der Waals surface area contributed by atoms with E-state index in [1.807, 2.05) is 13.0 Å². The molecule has 2 heteroatoms. The summed E-state index contributed by atoms with van der Waals surface area (Å²) in [7, 11) is 0. The fourth-order valence-corrected chi connectivity index (χ4v) is 2.66. The third-order valence-corrected chi connectivity index (χ3v) is 3.87. The van der Waals surface area contributed by atoms with Gasteiger partial charge in [0.25, 0.3) is 0 Å². The van der Waals surface area contributed by atoms with Crippen molar-refractivity contribution in [2.45, 2.75) is 52.1 Å². The molecule has 1 aliphatic carbocycles. The Morgan fingerprint density at radius 3 is 2.61 bits per heavy atom. The zero-order valence-corrected chi connectivity index (χ0v) is 11.6. The molecule has 1 aromatic rings. The van der Waals surface area contributed by atoms with E-state index in [4.69, 9.17) is 4.74 Å². The lowest BCUT2D eigenvalue weighted by atomic mass is 9.87. The second-order valence-corrected chi connectivity index (χ2v) is 5.38. The molecule has 0 bridgehead atoms. The molecule has 2 nitrogen and oxygen atoms in total. The van der Waals surface area contributed by atoms with E-state index >= 15 is 0 Å². The van der Waals surface area contributed by atoms with E-state index in [9.17, 15) is 0 Å². The number of benzene rings is 1. The van der Waals surface area contributed by atoms with Crippen LogP contribution in [0.4, 0.5) is 0 Å². The zero-order chi connectivity index (χ0) is 12.8. The molecule has 0 radical (unpaired) electrons. The maximum atomic E-state index is 5.65. The maximum absolute atomic E-state index is 5.65. The molecule has 1 aromatic carbocycles. The van der Waals surface area contributed by atoms with Crippen LogP contribution >= 0.6 is 0 Å².